The maximum atomic E-state index is 13.2. The van der Waals surface area contributed by atoms with E-state index in [-0.39, 0.29) is 11.0 Å². The number of nitrogens with zero attached hydrogens (tertiary/aromatic N) is 2. The first-order chi connectivity index (χ1) is 13.5. The molecule has 0 N–H and O–H groups in total. The largest absolute Gasteiger partial charge is 0.281 e. The van der Waals surface area contributed by atoms with Crippen LogP contribution in [-0.2, 0) is 0 Å². The van der Waals surface area contributed by atoms with Crippen molar-refractivity contribution in [1.82, 2.24) is 9.55 Å². The summed E-state index contributed by atoms with van der Waals surface area (Å²) in [6, 6.07) is 20.5. The number of imidazole rings is 1. The summed E-state index contributed by atoms with van der Waals surface area (Å²) in [5.41, 5.74) is 2.20. The number of fused-ring (bicyclic) bond motifs is 1. The maximum absolute atomic E-state index is 13.2. The standard InChI is InChI=1S/C21H12Cl2N2O2S/c22-15-9-5-13(6-10-15)19(26)25-18-4-2-1-3-17(18)24-21(25)28-20(27)14-7-11-16(23)12-8-14/h1-12H. The van der Waals surface area contributed by atoms with Crippen molar-refractivity contribution in [2.45, 2.75) is 5.16 Å². The summed E-state index contributed by atoms with van der Waals surface area (Å²) in [6.07, 6.45) is 0. The van der Waals surface area contributed by atoms with Crippen LogP contribution in [0.15, 0.2) is 78.0 Å². The van der Waals surface area contributed by atoms with E-state index in [4.69, 9.17) is 23.2 Å². The molecular weight excluding hydrogens is 415 g/mol. The van der Waals surface area contributed by atoms with Gasteiger partial charge in [-0.25, -0.2) is 4.98 Å². The van der Waals surface area contributed by atoms with Crippen molar-refractivity contribution in [2.24, 2.45) is 0 Å². The Morgan fingerprint density at radius 2 is 1.36 bits per heavy atom. The van der Waals surface area contributed by atoms with Crippen LogP contribution in [0.3, 0.4) is 0 Å². The van der Waals surface area contributed by atoms with Crippen LogP contribution in [0.2, 0.25) is 10.0 Å². The lowest BCUT2D eigenvalue weighted by molar-refractivity contribution is 0.0955. The van der Waals surface area contributed by atoms with Gasteiger partial charge in [-0.3, -0.25) is 14.2 Å². The Kier molecular flexibility index (Phi) is 5.22. The zero-order valence-electron chi connectivity index (χ0n) is 14.3. The number of para-hydroxylation sites is 2. The van der Waals surface area contributed by atoms with Crippen molar-refractivity contribution in [3.05, 3.63) is 94.0 Å². The molecule has 0 fully saturated rings. The Labute approximate surface area is 175 Å². The number of carbonyl (C=O) groups is 2. The first-order valence-corrected chi connectivity index (χ1v) is 9.86. The number of halogens is 2. The number of hydrogen-bond donors (Lipinski definition) is 0. The van der Waals surface area contributed by atoms with E-state index in [2.05, 4.69) is 4.98 Å². The molecule has 4 nitrogen and oxygen atoms in total. The second kappa shape index (κ2) is 7.80. The van der Waals surface area contributed by atoms with Crippen LogP contribution in [0.4, 0.5) is 0 Å². The molecule has 4 rings (SSSR count). The van der Waals surface area contributed by atoms with Gasteiger partial charge < -0.3 is 0 Å². The highest BCUT2D eigenvalue weighted by molar-refractivity contribution is 8.14. The van der Waals surface area contributed by atoms with Gasteiger partial charge in [0.2, 0.25) is 5.12 Å². The molecule has 1 heterocycles. The van der Waals surface area contributed by atoms with Crippen LogP contribution in [-0.4, -0.2) is 20.6 Å². The van der Waals surface area contributed by atoms with Crippen molar-refractivity contribution in [3.8, 4) is 0 Å². The first-order valence-electron chi connectivity index (χ1n) is 8.28. The monoisotopic (exact) mass is 426 g/mol. The normalized spacial score (nSPS) is 10.9. The molecule has 138 valence electrons. The molecule has 3 aromatic carbocycles. The molecule has 28 heavy (non-hydrogen) atoms. The summed E-state index contributed by atoms with van der Waals surface area (Å²) in [7, 11) is 0. The van der Waals surface area contributed by atoms with Gasteiger partial charge in [0.1, 0.15) is 0 Å². The van der Waals surface area contributed by atoms with Crippen LogP contribution < -0.4 is 0 Å². The van der Waals surface area contributed by atoms with E-state index < -0.39 is 0 Å². The highest BCUT2D eigenvalue weighted by Gasteiger charge is 2.21. The Bertz CT molecular complexity index is 1190. The summed E-state index contributed by atoms with van der Waals surface area (Å²) in [5, 5.41) is 1.17. The molecule has 1 aromatic heterocycles. The van der Waals surface area contributed by atoms with Crippen molar-refractivity contribution in [3.63, 3.8) is 0 Å². The van der Waals surface area contributed by atoms with E-state index in [1.54, 1.807) is 60.7 Å². The van der Waals surface area contributed by atoms with E-state index in [1.807, 2.05) is 12.1 Å². The molecule has 0 aliphatic heterocycles. The molecule has 0 saturated heterocycles. The van der Waals surface area contributed by atoms with E-state index in [9.17, 15) is 9.59 Å². The topological polar surface area (TPSA) is 52.0 Å². The fourth-order valence-corrected chi connectivity index (χ4v) is 3.81. The lowest BCUT2D eigenvalue weighted by Crippen LogP contribution is -2.13. The van der Waals surface area contributed by atoms with Gasteiger partial charge in [-0.2, -0.15) is 0 Å². The van der Waals surface area contributed by atoms with Crippen LogP contribution in [0, 0.1) is 0 Å². The minimum atomic E-state index is -0.281. The lowest BCUT2D eigenvalue weighted by atomic mass is 10.2. The van der Waals surface area contributed by atoms with Crippen molar-refractivity contribution in [1.29, 1.82) is 0 Å². The average Bonchev–Trinajstić information content (AvgIpc) is 3.06. The SMILES string of the molecule is O=C(Sc1nc2ccccc2n1C(=O)c1ccc(Cl)cc1)c1ccc(Cl)cc1. The number of benzene rings is 3. The molecule has 0 amide bonds. The zero-order chi connectivity index (χ0) is 19.7. The third-order valence-electron chi connectivity index (χ3n) is 4.09. The summed E-state index contributed by atoms with van der Waals surface area (Å²) in [4.78, 5) is 30.3. The summed E-state index contributed by atoms with van der Waals surface area (Å²) >= 11 is 12.7. The minimum absolute atomic E-state index is 0.225. The summed E-state index contributed by atoms with van der Waals surface area (Å²) in [5.74, 6) is -0.281. The highest BCUT2D eigenvalue weighted by Crippen LogP contribution is 2.28. The van der Waals surface area contributed by atoms with E-state index >= 15 is 0 Å². The van der Waals surface area contributed by atoms with E-state index in [0.717, 1.165) is 11.8 Å². The van der Waals surface area contributed by atoms with Crippen LogP contribution >= 0.6 is 35.0 Å². The van der Waals surface area contributed by atoms with Gasteiger partial charge in [-0.15, -0.1) is 0 Å². The van der Waals surface area contributed by atoms with Crippen molar-refractivity contribution in [2.75, 3.05) is 0 Å². The molecule has 0 saturated carbocycles. The zero-order valence-corrected chi connectivity index (χ0v) is 16.6. The molecule has 0 unspecified atom stereocenters. The molecular formula is C21H12Cl2N2O2S. The molecule has 0 radical (unpaired) electrons. The fraction of sp³-hybridized carbons (Fsp3) is 0. The number of thioether (sulfide) groups is 1. The fourth-order valence-electron chi connectivity index (χ4n) is 2.72. The van der Waals surface area contributed by atoms with E-state index in [1.165, 1.54) is 4.57 Å². The summed E-state index contributed by atoms with van der Waals surface area (Å²) < 4.78 is 1.46. The molecule has 0 atom stereocenters. The van der Waals surface area contributed by atoms with Gasteiger partial charge in [-0.05, 0) is 72.4 Å². The molecule has 0 spiro atoms. The molecule has 0 aliphatic rings. The van der Waals surface area contributed by atoms with Gasteiger partial charge >= 0.3 is 0 Å². The van der Waals surface area contributed by atoms with Gasteiger partial charge in [0.25, 0.3) is 5.91 Å². The van der Waals surface area contributed by atoms with Gasteiger partial charge in [0.05, 0.1) is 11.0 Å². The maximum Gasteiger partial charge on any atom is 0.264 e. The Morgan fingerprint density at radius 3 is 2.00 bits per heavy atom. The third kappa shape index (κ3) is 3.69. The first kappa shape index (κ1) is 18.7. The second-order valence-electron chi connectivity index (χ2n) is 5.93. The van der Waals surface area contributed by atoms with Crippen LogP contribution in [0.25, 0.3) is 11.0 Å². The van der Waals surface area contributed by atoms with Crippen molar-refractivity contribution >= 4 is 57.0 Å². The van der Waals surface area contributed by atoms with Gasteiger partial charge in [0, 0.05) is 21.2 Å². The number of carbonyl (C=O) groups excluding carboxylic acids is 2. The second-order valence-corrected chi connectivity index (χ2v) is 7.74. The lowest BCUT2D eigenvalue weighted by Gasteiger charge is -2.07. The van der Waals surface area contributed by atoms with Gasteiger partial charge in [0.15, 0.2) is 5.16 Å². The van der Waals surface area contributed by atoms with Crippen LogP contribution in [0.5, 0.6) is 0 Å². The number of aromatic nitrogens is 2. The predicted octanol–water partition coefficient (Wildman–Crippen LogP) is 5.96. The summed E-state index contributed by atoms with van der Waals surface area (Å²) in [6.45, 7) is 0. The predicted molar refractivity (Wildman–Crippen MR) is 113 cm³/mol. The van der Waals surface area contributed by atoms with Gasteiger partial charge in [-0.1, -0.05) is 35.3 Å². The van der Waals surface area contributed by atoms with E-state index in [0.29, 0.717) is 37.4 Å². The highest BCUT2D eigenvalue weighted by atomic mass is 35.5. The number of hydrogen-bond acceptors (Lipinski definition) is 4. The van der Waals surface area contributed by atoms with Crippen LogP contribution in [0.1, 0.15) is 20.7 Å². The molecule has 7 heteroatoms. The molecule has 4 aromatic rings. The Hall–Kier alpha value is -2.60. The third-order valence-corrected chi connectivity index (χ3v) is 5.47. The van der Waals surface area contributed by atoms with Crippen molar-refractivity contribution < 1.29 is 9.59 Å². The minimum Gasteiger partial charge on any atom is -0.281 e. The molecule has 0 aliphatic carbocycles. The number of rotatable bonds is 3. The quantitative estimate of drug-likeness (QED) is 0.379. The smallest absolute Gasteiger partial charge is 0.264 e. The molecule has 0 bridgehead atoms. The Balaban J connectivity index is 1.76. The average molecular weight is 427 g/mol. The Morgan fingerprint density at radius 1 is 0.786 bits per heavy atom.